The van der Waals surface area contributed by atoms with E-state index in [1.54, 1.807) is 57.2 Å². The molecule has 0 amide bonds. The summed E-state index contributed by atoms with van der Waals surface area (Å²) in [5, 5.41) is 56.3. The van der Waals surface area contributed by atoms with Crippen LogP contribution in [0.15, 0.2) is 42.0 Å². The first-order chi connectivity index (χ1) is 19.4. The van der Waals surface area contributed by atoms with Crippen LogP contribution in [0.3, 0.4) is 0 Å². The Bertz CT molecular complexity index is 1230. The largest absolute Gasteiger partial charge is 0.456 e. The van der Waals surface area contributed by atoms with Crippen molar-refractivity contribution in [2.75, 3.05) is 0 Å². The molecule has 0 aliphatic heterocycles. The van der Waals surface area contributed by atoms with Crippen LogP contribution in [0.1, 0.15) is 96.3 Å². The minimum atomic E-state index is -1.54. The van der Waals surface area contributed by atoms with Crippen molar-refractivity contribution in [1.82, 2.24) is 0 Å². The third-order valence-electron chi connectivity index (χ3n) is 11.8. The van der Waals surface area contributed by atoms with Crippen molar-refractivity contribution in [2.45, 2.75) is 121 Å². The van der Waals surface area contributed by atoms with E-state index in [4.69, 9.17) is 4.74 Å². The maximum atomic E-state index is 13.5. The maximum Gasteiger partial charge on any atom is 0.338 e. The topological polar surface area (TPSA) is 145 Å². The van der Waals surface area contributed by atoms with Crippen LogP contribution in [0.25, 0.3) is 0 Å². The average molecular weight is 585 g/mol. The van der Waals surface area contributed by atoms with E-state index in [-0.39, 0.29) is 31.0 Å². The fourth-order valence-electron chi connectivity index (χ4n) is 9.26. The van der Waals surface area contributed by atoms with Gasteiger partial charge in [0.25, 0.3) is 0 Å². The van der Waals surface area contributed by atoms with Crippen LogP contribution in [0.2, 0.25) is 0 Å². The molecule has 0 spiro atoms. The van der Waals surface area contributed by atoms with Crippen LogP contribution in [-0.4, -0.2) is 72.4 Å². The standard InChI is InChI=1S/C34H48O8/c1-30(2,39)14-13-28(42-29(38)20-9-7-6-8-10-20)33(5,40)27-12-16-34(41)22-17-24(35)23-18-25(36)26(37)19-31(23,3)21(22)11-15-32(27,34)4/h6-10,17,21,23,25-28,36-37,39-41H,11-16,18-19H2,1-5H3/t21?,23?,25?,26?,27?,28-,31+,32+,33+,34+/m0/s1. The van der Waals surface area contributed by atoms with Crippen LogP contribution in [-0.2, 0) is 9.53 Å². The van der Waals surface area contributed by atoms with Crippen LogP contribution in [0.5, 0.6) is 0 Å². The fourth-order valence-corrected chi connectivity index (χ4v) is 9.26. The second-order valence-corrected chi connectivity index (χ2v) is 14.9. The van der Waals surface area contributed by atoms with Crippen molar-refractivity contribution in [1.29, 1.82) is 0 Å². The third kappa shape index (κ3) is 4.97. The Morgan fingerprint density at radius 1 is 1.02 bits per heavy atom. The molecule has 232 valence electrons. The maximum absolute atomic E-state index is 13.5. The van der Waals surface area contributed by atoms with Gasteiger partial charge in [0.1, 0.15) is 11.7 Å². The number of allylic oxidation sites excluding steroid dienone is 1. The number of fused-ring (bicyclic) bond motifs is 5. The molecular formula is C34H48O8. The lowest BCUT2D eigenvalue weighted by Gasteiger charge is -2.60. The molecule has 0 aromatic heterocycles. The van der Waals surface area contributed by atoms with Crippen LogP contribution in [0.4, 0.5) is 0 Å². The first kappa shape index (κ1) is 31.3. The number of benzene rings is 1. The highest BCUT2D eigenvalue weighted by atomic mass is 16.6. The van der Waals surface area contributed by atoms with Crippen molar-refractivity contribution in [2.24, 2.45) is 28.6 Å². The van der Waals surface area contributed by atoms with Crippen molar-refractivity contribution in [3.8, 4) is 0 Å². The van der Waals surface area contributed by atoms with Crippen molar-refractivity contribution in [3.05, 3.63) is 47.5 Å². The first-order valence-electron chi connectivity index (χ1n) is 15.5. The Morgan fingerprint density at radius 3 is 2.33 bits per heavy atom. The predicted molar refractivity (Wildman–Crippen MR) is 156 cm³/mol. The van der Waals surface area contributed by atoms with Crippen molar-refractivity contribution >= 4 is 11.8 Å². The quantitative estimate of drug-likeness (QED) is 0.305. The minimum absolute atomic E-state index is 0.123. The fraction of sp³-hybridized carbons (Fsp3) is 0.706. The molecule has 0 radical (unpaired) electrons. The van der Waals surface area contributed by atoms with E-state index in [0.717, 1.165) is 0 Å². The number of aliphatic hydroxyl groups excluding tert-OH is 2. The summed E-state index contributed by atoms with van der Waals surface area (Å²) >= 11 is 0. The van der Waals surface area contributed by atoms with Crippen LogP contribution in [0, 0.1) is 28.6 Å². The lowest BCUT2D eigenvalue weighted by atomic mass is 9.45. The van der Waals surface area contributed by atoms with Crippen LogP contribution < -0.4 is 0 Å². The molecule has 5 unspecified atom stereocenters. The number of esters is 1. The summed E-state index contributed by atoms with van der Waals surface area (Å²) in [6.45, 7) is 9.00. The van der Waals surface area contributed by atoms with E-state index in [1.807, 2.05) is 13.8 Å². The number of carbonyl (C=O) groups excluding carboxylic acids is 2. The Balaban J connectivity index is 1.48. The molecule has 0 saturated heterocycles. The molecule has 10 atom stereocenters. The second kappa shape index (κ2) is 10.5. The van der Waals surface area contributed by atoms with Gasteiger partial charge in [0.2, 0.25) is 0 Å². The van der Waals surface area contributed by atoms with Crippen molar-refractivity contribution in [3.63, 3.8) is 0 Å². The third-order valence-corrected chi connectivity index (χ3v) is 11.8. The number of ether oxygens (including phenoxy) is 1. The van der Waals surface area contributed by atoms with E-state index in [1.165, 1.54) is 0 Å². The smallest absolute Gasteiger partial charge is 0.338 e. The van der Waals surface area contributed by atoms with E-state index >= 15 is 0 Å². The Hall–Kier alpha value is -2.10. The molecule has 1 aromatic carbocycles. The molecule has 0 heterocycles. The minimum Gasteiger partial charge on any atom is -0.456 e. The predicted octanol–water partition coefficient (Wildman–Crippen LogP) is 3.72. The molecule has 8 heteroatoms. The molecule has 1 aromatic rings. The molecule has 5 N–H and O–H groups in total. The van der Waals surface area contributed by atoms with Gasteiger partial charge in [0.15, 0.2) is 5.78 Å². The summed E-state index contributed by atoms with van der Waals surface area (Å²) < 4.78 is 6.00. The number of rotatable bonds is 7. The first-order valence-corrected chi connectivity index (χ1v) is 15.5. The molecular weight excluding hydrogens is 536 g/mol. The summed E-state index contributed by atoms with van der Waals surface area (Å²) in [6, 6.07) is 8.60. The molecule has 4 aliphatic rings. The van der Waals surface area contributed by atoms with Gasteiger partial charge in [-0.3, -0.25) is 4.79 Å². The molecule has 3 saturated carbocycles. The van der Waals surface area contributed by atoms with Gasteiger partial charge >= 0.3 is 5.97 Å². The summed E-state index contributed by atoms with van der Waals surface area (Å²) in [5.41, 5.74) is -4.30. The van der Waals surface area contributed by atoms with E-state index in [9.17, 15) is 35.1 Å². The van der Waals surface area contributed by atoms with Gasteiger partial charge in [-0.1, -0.05) is 32.0 Å². The molecule has 42 heavy (non-hydrogen) atoms. The summed E-state index contributed by atoms with van der Waals surface area (Å²) in [4.78, 5) is 26.7. The normalized spacial score (nSPS) is 40.2. The summed E-state index contributed by atoms with van der Waals surface area (Å²) in [5.74, 6) is -1.70. The highest BCUT2D eigenvalue weighted by Gasteiger charge is 2.69. The molecule has 4 aliphatic carbocycles. The zero-order valence-electron chi connectivity index (χ0n) is 25.5. The van der Waals surface area contributed by atoms with E-state index < -0.39 is 63.8 Å². The SMILES string of the molecule is CC(C)(O)CC[C@H](OC(=O)c1ccccc1)[C@](C)(O)C1CC[C@@]2(O)C3=CC(=O)C4CC(O)C(O)C[C@]4(C)C3CC[C@]12C. The number of ketones is 1. The number of hydrogen-bond acceptors (Lipinski definition) is 8. The highest BCUT2D eigenvalue weighted by molar-refractivity contribution is 5.95. The monoisotopic (exact) mass is 584 g/mol. The van der Waals surface area contributed by atoms with Crippen molar-refractivity contribution < 1.29 is 39.9 Å². The van der Waals surface area contributed by atoms with Gasteiger partial charge in [0, 0.05) is 11.3 Å². The Kier molecular flexibility index (Phi) is 7.84. The highest BCUT2D eigenvalue weighted by Crippen LogP contribution is 2.68. The molecule has 0 bridgehead atoms. The molecule has 8 nitrogen and oxygen atoms in total. The summed E-state index contributed by atoms with van der Waals surface area (Å²) in [6.07, 6.45) is 1.84. The van der Waals surface area contributed by atoms with Gasteiger partial charge in [-0.05, 0) is 113 Å². The second-order valence-electron chi connectivity index (χ2n) is 14.9. The Morgan fingerprint density at radius 2 is 1.69 bits per heavy atom. The number of aliphatic hydroxyl groups is 5. The lowest BCUT2D eigenvalue weighted by molar-refractivity contribution is -0.177. The lowest BCUT2D eigenvalue weighted by Crippen LogP contribution is -2.63. The molecule has 3 fully saturated rings. The van der Waals surface area contributed by atoms with Gasteiger partial charge < -0.3 is 30.3 Å². The van der Waals surface area contributed by atoms with Gasteiger partial charge in [-0.25, -0.2) is 4.79 Å². The molecule has 5 rings (SSSR count). The number of hydrogen-bond donors (Lipinski definition) is 5. The van der Waals surface area contributed by atoms with E-state index in [2.05, 4.69) is 0 Å². The zero-order chi connectivity index (χ0) is 30.9. The zero-order valence-corrected chi connectivity index (χ0v) is 25.5. The van der Waals surface area contributed by atoms with Gasteiger partial charge in [-0.2, -0.15) is 0 Å². The van der Waals surface area contributed by atoms with Gasteiger partial charge in [0.05, 0.1) is 29.0 Å². The summed E-state index contributed by atoms with van der Waals surface area (Å²) in [7, 11) is 0. The van der Waals surface area contributed by atoms with E-state index in [0.29, 0.717) is 43.2 Å². The van der Waals surface area contributed by atoms with Crippen LogP contribution >= 0.6 is 0 Å². The number of carbonyl (C=O) groups is 2. The average Bonchev–Trinajstić information content (AvgIpc) is 3.20. The Labute approximate surface area is 248 Å². The van der Waals surface area contributed by atoms with Gasteiger partial charge in [-0.15, -0.1) is 0 Å².